The molecule has 0 aromatic heterocycles. The highest BCUT2D eigenvalue weighted by molar-refractivity contribution is 5.96. The number of benzene rings is 1. The van der Waals surface area contributed by atoms with Crippen molar-refractivity contribution in [2.24, 2.45) is 23.7 Å². The molecule has 4 atom stereocenters. The Balaban J connectivity index is 1.81. The van der Waals surface area contributed by atoms with Crippen LogP contribution in [0.25, 0.3) is 0 Å². The maximum Gasteiger partial charge on any atom is 0.307 e. The molecule has 0 radical (unpaired) electrons. The first kappa shape index (κ1) is 13.8. The number of hydrogen-bond acceptors (Lipinski definition) is 2. The summed E-state index contributed by atoms with van der Waals surface area (Å²) in [6.45, 7) is 0. The smallest absolute Gasteiger partial charge is 0.307 e. The second-order valence-corrected chi connectivity index (χ2v) is 5.68. The molecule has 110 valence electrons. The zero-order valence-electron chi connectivity index (χ0n) is 11.3. The van der Waals surface area contributed by atoms with Crippen molar-refractivity contribution in [1.29, 1.82) is 0 Å². The van der Waals surface area contributed by atoms with Gasteiger partial charge in [0.1, 0.15) is 5.82 Å². The van der Waals surface area contributed by atoms with Crippen LogP contribution in [0.5, 0.6) is 0 Å². The minimum absolute atomic E-state index is 0.0310. The van der Waals surface area contributed by atoms with Crippen molar-refractivity contribution >= 4 is 17.6 Å². The van der Waals surface area contributed by atoms with Gasteiger partial charge in [-0.25, -0.2) is 4.39 Å². The number of fused-ring (bicyclic) bond motifs is 2. The Kier molecular flexibility index (Phi) is 3.49. The quantitative estimate of drug-likeness (QED) is 0.841. The summed E-state index contributed by atoms with van der Waals surface area (Å²) in [6.07, 6.45) is 5.54. The Morgan fingerprint density at radius 3 is 2.14 bits per heavy atom. The first-order valence-electron chi connectivity index (χ1n) is 7.04. The van der Waals surface area contributed by atoms with E-state index in [1.54, 1.807) is 0 Å². The van der Waals surface area contributed by atoms with E-state index in [1.165, 1.54) is 24.3 Å². The molecule has 1 amide bonds. The molecule has 1 aromatic carbocycles. The molecular formula is C16H16FNO3. The van der Waals surface area contributed by atoms with E-state index < -0.39 is 17.8 Å². The summed E-state index contributed by atoms with van der Waals surface area (Å²) < 4.78 is 12.9. The van der Waals surface area contributed by atoms with Gasteiger partial charge in [0.25, 0.3) is 0 Å². The van der Waals surface area contributed by atoms with Crippen molar-refractivity contribution < 1.29 is 19.1 Å². The number of halogens is 1. The number of carbonyl (C=O) groups is 2. The van der Waals surface area contributed by atoms with E-state index in [2.05, 4.69) is 5.32 Å². The molecule has 2 N–H and O–H groups in total. The van der Waals surface area contributed by atoms with E-state index in [4.69, 9.17) is 0 Å². The highest BCUT2D eigenvalue weighted by Crippen LogP contribution is 2.45. The molecule has 4 unspecified atom stereocenters. The first-order chi connectivity index (χ1) is 10.1. The van der Waals surface area contributed by atoms with E-state index in [0.717, 1.165) is 12.8 Å². The fourth-order valence-corrected chi connectivity index (χ4v) is 3.45. The van der Waals surface area contributed by atoms with Gasteiger partial charge in [-0.2, -0.15) is 0 Å². The lowest BCUT2D eigenvalue weighted by Gasteiger charge is -2.41. The molecule has 1 fully saturated rings. The van der Waals surface area contributed by atoms with E-state index in [0.29, 0.717) is 5.69 Å². The van der Waals surface area contributed by atoms with Gasteiger partial charge in [-0.05, 0) is 48.9 Å². The zero-order valence-corrected chi connectivity index (χ0v) is 11.3. The van der Waals surface area contributed by atoms with Crippen molar-refractivity contribution in [2.75, 3.05) is 5.32 Å². The average molecular weight is 289 g/mol. The molecule has 0 aliphatic heterocycles. The van der Waals surface area contributed by atoms with Crippen LogP contribution >= 0.6 is 0 Å². The van der Waals surface area contributed by atoms with Crippen molar-refractivity contribution in [3.8, 4) is 0 Å². The Morgan fingerprint density at radius 1 is 1.05 bits per heavy atom. The highest BCUT2D eigenvalue weighted by Gasteiger charge is 2.48. The second-order valence-electron chi connectivity index (χ2n) is 5.68. The molecule has 1 aromatic rings. The van der Waals surface area contributed by atoms with Gasteiger partial charge in [0.2, 0.25) is 5.91 Å². The lowest BCUT2D eigenvalue weighted by Crippen LogP contribution is -2.47. The number of nitrogens with one attached hydrogen (secondary N) is 1. The number of aliphatic carboxylic acids is 1. The van der Waals surface area contributed by atoms with Gasteiger partial charge in [-0.3, -0.25) is 9.59 Å². The molecule has 2 bridgehead atoms. The predicted molar refractivity (Wildman–Crippen MR) is 75.0 cm³/mol. The molecule has 1 saturated carbocycles. The molecule has 4 rings (SSSR count). The summed E-state index contributed by atoms with van der Waals surface area (Å²) in [5.74, 6) is -2.93. The summed E-state index contributed by atoms with van der Waals surface area (Å²) in [5.41, 5.74) is 0.482. The topological polar surface area (TPSA) is 66.4 Å². The number of allylic oxidation sites excluding steroid dienone is 2. The molecule has 21 heavy (non-hydrogen) atoms. The van der Waals surface area contributed by atoms with Gasteiger partial charge in [0.15, 0.2) is 0 Å². The van der Waals surface area contributed by atoms with Gasteiger partial charge in [0, 0.05) is 5.69 Å². The van der Waals surface area contributed by atoms with Crippen LogP contribution in [0, 0.1) is 29.5 Å². The van der Waals surface area contributed by atoms with Gasteiger partial charge < -0.3 is 10.4 Å². The monoisotopic (exact) mass is 289 g/mol. The van der Waals surface area contributed by atoms with Gasteiger partial charge >= 0.3 is 5.97 Å². The molecule has 0 spiro atoms. The summed E-state index contributed by atoms with van der Waals surface area (Å²) in [7, 11) is 0. The van der Waals surface area contributed by atoms with Gasteiger partial charge in [-0.15, -0.1) is 0 Å². The normalized spacial score (nSPS) is 30.1. The van der Waals surface area contributed by atoms with Gasteiger partial charge in [-0.1, -0.05) is 12.2 Å². The van der Waals surface area contributed by atoms with Crippen LogP contribution in [0.1, 0.15) is 12.8 Å². The SMILES string of the molecule is O=C(O)C1C2C=CC(CC2)C1C(=O)Nc1ccc(F)cc1. The number of carbonyl (C=O) groups excluding carboxylic acids is 1. The molecule has 5 heteroatoms. The maximum atomic E-state index is 12.9. The third kappa shape index (κ3) is 2.55. The van der Waals surface area contributed by atoms with E-state index >= 15 is 0 Å². The Morgan fingerprint density at radius 2 is 1.62 bits per heavy atom. The van der Waals surface area contributed by atoms with Crippen LogP contribution in [0.15, 0.2) is 36.4 Å². The minimum Gasteiger partial charge on any atom is -0.481 e. The fraction of sp³-hybridized carbons (Fsp3) is 0.375. The Hall–Kier alpha value is -2.17. The van der Waals surface area contributed by atoms with Crippen LogP contribution in [-0.2, 0) is 9.59 Å². The lowest BCUT2D eigenvalue weighted by atomic mass is 9.62. The molecule has 3 aliphatic rings. The summed E-state index contributed by atoms with van der Waals surface area (Å²) in [6, 6.07) is 5.47. The average Bonchev–Trinajstić information content (AvgIpc) is 2.49. The lowest BCUT2D eigenvalue weighted by molar-refractivity contribution is -0.151. The van der Waals surface area contributed by atoms with Gasteiger partial charge in [0.05, 0.1) is 11.8 Å². The molecule has 0 saturated heterocycles. The van der Waals surface area contributed by atoms with Crippen molar-refractivity contribution in [2.45, 2.75) is 12.8 Å². The number of anilines is 1. The predicted octanol–water partition coefficient (Wildman–Crippen LogP) is 2.68. The number of amides is 1. The second kappa shape index (κ2) is 5.31. The largest absolute Gasteiger partial charge is 0.481 e. The van der Waals surface area contributed by atoms with Crippen molar-refractivity contribution in [3.05, 3.63) is 42.2 Å². The number of rotatable bonds is 3. The van der Waals surface area contributed by atoms with E-state index in [-0.39, 0.29) is 23.6 Å². The maximum absolute atomic E-state index is 12.9. The van der Waals surface area contributed by atoms with Crippen LogP contribution in [0.4, 0.5) is 10.1 Å². The number of carboxylic acid groups (broad SMARTS) is 1. The van der Waals surface area contributed by atoms with Crippen molar-refractivity contribution in [1.82, 2.24) is 0 Å². The first-order valence-corrected chi connectivity index (χ1v) is 7.04. The zero-order chi connectivity index (χ0) is 15.0. The number of carboxylic acids is 1. The molecule has 4 nitrogen and oxygen atoms in total. The number of hydrogen-bond donors (Lipinski definition) is 2. The molecule has 3 aliphatic carbocycles. The fourth-order valence-electron chi connectivity index (χ4n) is 3.45. The summed E-state index contributed by atoms with van der Waals surface area (Å²) in [5, 5.41) is 12.1. The molecule has 0 heterocycles. The van der Waals surface area contributed by atoms with Crippen LogP contribution < -0.4 is 5.32 Å². The summed E-state index contributed by atoms with van der Waals surface area (Å²) >= 11 is 0. The van der Waals surface area contributed by atoms with Crippen molar-refractivity contribution in [3.63, 3.8) is 0 Å². The Bertz CT molecular complexity index is 596. The van der Waals surface area contributed by atoms with Crippen LogP contribution in [-0.4, -0.2) is 17.0 Å². The van der Waals surface area contributed by atoms with E-state index in [1.807, 2.05) is 12.2 Å². The Labute approximate surface area is 121 Å². The third-order valence-corrected chi connectivity index (χ3v) is 4.45. The third-order valence-electron chi connectivity index (χ3n) is 4.45. The van der Waals surface area contributed by atoms with Crippen LogP contribution in [0.2, 0.25) is 0 Å². The minimum atomic E-state index is -0.923. The van der Waals surface area contributed by atoms with E-state index in [9.17, 15) is 19.1 Å². The van der Waals surface area contributed by atoms with Crippen LogP contribution in [0.3, 0.4) is 0 Å². The summed E-state index contributed by atoms with van der Waals surface area (Å²) in [4.78, 5) is 23.9. The highest BCUT2D eigenvalue weighted by atomic mass is 19.1. The molecular weight excluding hydrogens is 273 g/mol. The standard InChI is InChI=1S/C16H16FNO3/c17-11-5-7-12(8-6-11)18-15(19)13-9-1-3-10(4-2-9)14(13)16(20)21/h1,3,5-10,13-14H,2,4H2,(H,18,19)(H,20,21).